The van der Waals surface area contributed by atoms with Crippen LogP contribution in [0, 0.1) is 0 Å². The lowest BCUT2D eigenvalue weighted by Gasteiger charge is -2.28. The summed E-state index contributed by atoms with van der Waals surface area (Å²) in [5.41, 5.74) is 4.18. The van der Waals surface area contributed by atoms with Crippen LogP contribution in [0.3, 0.4) is 0 Å². The van der Waals surface area contributed by atoms with Crippen molar-refractivity contribution in [3.63, 3.8) is 0 Å². The Bertz CT molecular complexity index is 1190. The molecule has 12 nitrogen and oxygen atoms in total. The number of carboxylic acids is 2. The van der Waals surface area contributed by atoms with Gasteiger partial charge in [-0.3, -0.25) is 4.57 Å². The summed E-state index contributed by atoms with van der Waals surface area (Å²) < 4.78 is 26.8. The summed E-state index contributed by atoms with van der Waals surface area (Å²) in [6.07, 6.45) is -2.52. The molecule has 2 aromatic heterocycles. The van der Waals surface area contributed by atoms with Crippen LogP contribution in [0.1, 0.15) is 23.8 Å². The molecule has 2 unspecified atom stereocenters. The Morgan fingerprint density at radius 3 is 2.40 bits per heavy atom. The number of ether oxygens (including phenoxy) is 2. The van der Waals surface area contributed by atoms with Gasteiger partial charge in [0.2, 0.25) is 5.28 Å². The van der Waals surface area contributed by atoms with E-state index in [4.69, 9.17) is 31.9 Å². The van der Waals surface area contributed by atoms with Gasteiger partial charge < -0.3 is 30.5 Å². The first kappa shape index (κ1) is 26.2. The number of carbonyl (C=O) groups is 2. The fourth-order valence-electron chi connectivity index (χ4n) is 3.38. The monoisotopic (exact) mass is 511 g/mol. The van der Waals surface area contributed by atoms with E-state index < -0.39 is 43.0 Å². The summed E-state index contributed by atoms with van der Waals surface area (Å²) >= 11 is 5.80. The third kappa shape index (κ3) is 5.65. The van der Waals surface area contributed by atoms with Gasteiger partial charge >= 0.3 is 11.9 Å². The van der Waals surface area contributed by atoms with Crippen LogP contribution in [0.2, 0.25) is 5.28 Å². The SMILES string of the molecule is COC(COC(Cc1ccc(CO)cc1)(C(=O)O)C(=O)O)CC(F)n1cnc2c(N)nc(Cl)nc21. The molecule has 0 radical (unpaired) electrons. The lowest BCUT2D eigenvalue weighted by Crippen LogP contribution is -2.52. The quantitative estimate of drug-likeness (QED) is 0.204. The first-order valence-corrected chi connectivity index (χ1v) is 10.6. The summed E-state index contributed by atoms with van der Waals surface area (Å²) in [5, 5.41) is 28.4. The van der Waals surface area contributed by atoms with Crippen LogP contribution < -0.4 is 5.73 Å². The van der Waals surface area contributed by atoms with Crippen LogP contribution in [0.5, 0.6) is 0 Å². The highest BCUT2D eigenvalue weighted by atomic mass is 35.5. The number of nitrogen functional groups attached to an aromatic ring is 1. The molecule has 35 heavy (non-hydrogen) atoms. The number of nitrogens with two attached hydrogens (primary N) is 1. The van der Waals surface area contributed by atoms with Crippen molar-refractivity contribution in [1.82, 2.24) is 19.5 Å². The molecule has 0 spiro atoms. The highest BCUT2D eigenvalue weighted by molar-refractivity contribution is 6.28. The number of hydrogen-bond acceptors (Lipinski definition) is 9. The summed E-state index contributed by atoms with van der Waals surface area (Å²) in [7, 11) is 1.25. The molecule has 0 fully saturated rings. The molecule has 0 aliphatic rings. The van der Waals surface area contributed by atoms with Gasteiger partial charge in [-0.15, -0.1) is 0 Å². The van der Waals surface area contributed by atoms with Crippen molar-refractivity contribution >= 4 is 40.5 Å². The number of imidazole rings is 1. The number of halogens is 2. The molecule has 1 aromatic carbocycles. The van der Waals surface area contributed by atoms with Crippen molar-refractivity contribution in [2.75, 3.05) is 19.5 Å². The second-order valence-electron chi connectivity index (χ2n) is 7.63. The van der Waals surface area contributed by atoms with E-state index in [1.165, 1.54) is 31.4 Å². The van der Waals surface area contributed by atoms with Crippen molar-refractivity contribution in [2.24, 2.45) is 0 Å². The van der Waals surface area contributed by atoms with Gasteiger partial charge in [-0.2, -0.15) is 9.97 Å². The highest BCUT2D eigenvalue weighted by Gasteiger charge is 2.49. The number of hydrogen-bond donors (Lipinski definition) is 4. The Kier molecular flexibility index (Phi) is 8.17. The molecule has 0 bridgehead atoms. The van der Waals surface area contributed by atoms with Crippen LogP contribution in [0.15, 0.2) is 30.6 Å². The van der Waals surface area contributed by atoms with Gasteiger partial charge in [0.25, 0.3) is 5.60 Å². The van der Waals surface area contributed by atoms with E-state index in [0.29, 0.717) is 11.1 Å². The number of benzene rings is 1. The number of rotatable bonds is 12. The minimum Gasteiger partial charge on any atom is -0.479 e. The number of aliphatic hydroxyl groups is 1. The third-order valence-electron chi connectivity index (χ3n) is 5.38. The zero-order valence-corrected chi connectivity index (χ0v) is 19.2. The van der Waals surface area contributed by atoms with Gasteiger partial charge in [0.15, 0.2) is 17.8 Å². The number of aromatic nitrogens is 4. The molecule has 0 aliphatic carbocycles. The number of aliphatic hydroxyl groups excluding tert-OH is 1. The van der Waals surface area contributed by atoms with Crippen LogP contribution in [0.25, 0.3) is 11.2 Å². The molecule has 188 valence electrons. The molecule has 0 saturated heterocycles. The lowest BCUT2D eigenvalue weighted by atomic mass is 9.93. The van der Waals surface area contributed by atoms with E-state index in [-0.39, 0.29) is 35.3 Å². The third-order valence-corrected chi connectivity index (χ3v) is 5.55. The van der Waals surface area contributed by atoms with Gasteiger partial charge in [-0.1, -0.05) is 24.3 Å². The summed E-state index contributed by atoms with van der Waals surface area (Å²) in [5.74, 6) is -3.49. The van der Waals surface area contributed by atoms with Crippen molar-refractivity contribution in [3.05, 3.63) is 47.0 Å². The second-order valence-corrected chi connectivity index (χ2v) is 7.97. The molecule has 2 heterocycles. The van der Waals surface area contributed by atoms with Crippen LogP contribution in [0.4, 0.5) is 10.2 Å². The number of nitrogens with zero attached hydrogens (tertiary/aromatic N) is 4. The summed E-state index contributed by atoms with van der Waals surface area (Å²) in [4.78, 5) is 35.7. The van der Waals surface area contributed by atoms with Crippen LogP contribution in [-0.2, 0) is 32.1 Å². The van der Waals surface area contributed by atoms with E-state index in [1.807, 2.05) is 0 Å². The molecule has 2 atom stereocenters. The van der Waals surface area contributed by atoms with Gasteiger partial charge in [-0.25, -0.2) is 19.0 Å². The molecule has 5 N–H and O–H groups in total. The molecular formula is C21H23ClFN5O7. The summed E-state index contributed by atoms with van der Waals surface area (Å²) in [6, 6.07) is 6.05. The molecule has 3 rings (SSSR count). The normalized spacial score (nSPS) is 13.6. The van der Waals surface area contributed by atoms with Crippen molar-refractivity contribution in [3.8, 4) is 0 Å². The number of aliphatic carboxylic acids is 2. The van der Waals surface area contributed by atoms with Gasteiger partial charge in [0, 0.05) is 20.0 Å². The number of methoxy groups -OCH3 is 1. The van der Waals surface area contributed by atoms with Crippen molar-refractivity contribution < 1.29 is 38.8 Å². The van der Waals surface area contributed by atoms with Crippen molar-refractivity contribution in [2.45, 2.75) is 37.4 Å². The maximum atomic E-state index is 15.1. The Morgan fingerprint density at radius 2 is 1.83 bits per heavy atom. The van der Waals surface area contributed by atoms with Crippen LogP contribution >= 0.6 is 11.6 Å². The minimum atomic E-state index is -2.65. The van der Waals surface area contributed by atoms with E-state index in [0.717, 1.165) is 10.9 Å². The van der Waals surface area contributed by atoms with E-state index in [9.17, 15) is 19.8 Å². The van der Waals surface area contributed by atoms with E-state index in [2.05, 4.69) is 15.0 Å². The number of anilines is 1. The maximum Gasteiger partial charge on any atom is 0.348 e. The predicted molar refractivity (Wildman–Crippen MR) is 120 cm³/mol. The Balaban J connectivity index is 1.77. The minimum absolute atomic E-state index is 0.0303. The van der Waals surface area contributed by atoms with Crippen molar-refractivity contribution in [1.29, 1.82) is 0 Å². The molecule has 0 saturated carbocycles. The molecule has 3 aromatic rings. The average Bonchev–Trinajstić information content (AvgIpc) is 3.25. The Labute approximate surface area is 203 Å². The Morgan fingerprint density at radius 1 is 1.20 bits per heavy atom. The van der Waals surface area contributed by atoms with Gasteiger partial charge in [0.05, 0.1) is 25.6 Å². The van der Waals surface area contributed by atoms with E-state index in [1.54, 1.807) is 0 Å². The maximum absolute atomic E-state index is 15.1. The fraction of sp³-hybridized carbons (Fsp3) is 0.381. The molecule has 14 heteroatoms. The molecular weight excluding hydrogens is 489 g/mol. The molecule has 0 amide bonds. The first-order chi connectivity index (χ1) is 16.6. The van der Waals surface area contributed by atoms with Crippen LogP contribution in [-0.4, -0.2) is 72.2 Å². The van der Waals surface area contributed by atoms with Gasteiger partial charge in [0.1, 0.15) is 5.52 Å². The standard InChI is InChI=1S/C21H23ClFN5O7/c1-34-13(6-14(23)28-10-25-15-16(24)26-20(22)27-17(15)28)9-35-21(18(30)31,19(32)33)7-11-2-4-12(8-29)5-3-11/h2-5,10,13-14,29H,6-9H2,1H3,(H,30,31)(H,32,33)(H2,24,26,27). The zero-order chi connectivity index (χ0) is 25.8. The predicted octanol–water partition coefficient (Wildman–Crippen LogP) is 1.59. The molecule has 0 aliphatic heterocycles. The summed E-state index contributed by atoms with van der Waals surface area (Å²) in [6.45, 7) is -0.772. The fourth-order valence-corrected chi connectivity index (χ4v) is 3.55. The van der Waals surface area contributed by atoms with Gasteiger partial charge in [-0.05, 0) is 22.7 Å². The Hall–Kier alpha value is -3.39. The smallest absolute Gasteiger partial charge is 0.348 e. The highest BCUT2D eigenvalue weighted by Crippen LogP contribution is 2.27. The zero-order valence-electron chi connectivity index (χ0n) is 18.5. The largest absolute Gasteiger partial charge is 0.479 e. The lowest BCUT2D eigenvalue weighted by molar-refractivity contribution is -0.188. The second kappa shape index (κ2) is 10.9. The topological polar surface area (TPSA) is 183 Å². The number of fused-ring (bicyclic) bond motifs is 1. The average molecular weight is 512 g/mol. The first-order valence-electron chi connectivity index (χ1n) is 10.2. The van der Waals surface area contributed by atoms with E-state index >= 15 is 4.39 Å². The number of carboxylic acid groups (broad SMARTS) is 2. The number of alkyl halides is 1.